The van der Waals surface area contributed by atoms with Crippen LogP contribution in [0.4, 0.5) is 0 Å². The number of ether oxygens (including phenoxy) is 1. The number of aliphatic imine (C=N–C) groups is 1. The number of aromatic nitrogens is 1. The van der Waals surface area contributed by atoms with Gasteiger partial charge in [-0.3, -0.25) is 4.99 Å². The first kappa shape index (κ1) is 21.9. The van der Waals surface area contributed by atoms with Gasteiger partial charge >= 0.3 is 0 Å². The van der Waals surface area contributed by atoms with Crippen LogP contribution in [0, 0.1) is 25.2 Å². The predicted molar refractivity (Wildman–Crippen MR) is 120 cm³/mol. The second-order valence-corrected chi connectivity index (χ2v) is 9.09. The van der Waals surface area contributed by atoms with E-state index in [2.05, 4.69) is 50.2 Å². The van der Waals surface area contributed by atoms with Gasteiger partial charge in [-0.05, 0) is 33.6 Å². The molecule has 5 nitrogen and oxygen atoms in total. The summed E-state index contributed by atoms with van der Waals surface area (Å²) in [5, 5.41) is 8.27. The minimum atomic E-state index is 0. The lowest BCUT2D eigenvalue weighted by Gasteiger charge is -2.60. The Morgan fingerprint density at radius 2 is 2.15 bits per heavy atom. The maximum Gasteiger partial charge on any atom is 0.191 e. The number of nitrogens with one attached hydrogen (secondary N) is 2. The summed E-state index contributed by atoms with van der Waals surface area (Å²) in [6.07, 6.45) is 3.72. The van der Waals surface area contributed by atoms with Crippen molar-refractivity contribution in [2.24, 2.45) is 16.3 Å². The highest BCUT2D eigenvalue weighted by molar-refractivity contribution is 14.0. The third kappa shape index (κ3) is 4.52. The van der Waals surface area contributed by atoms with Crippen molar-refractivity contribution < 1.29 is 4.74 Å². The molecule has 3 unspecified atom stereocenters. The molecule has 1 aromatic rings. The van der Waals surface area contributed by atoms with Crippen molar-refractivity contribution in [2.45, 2.75) is 66.0 Å². The van der Waals surface area contributed by atoms with Crippen LogP contribution in [-0.2, 0) is 11.2 Å². The first-order valence-corrected chi connectivity index (χ1v) is 10.3. The minimum Gasteiger partial charge on any atom is -0.377 e. The zero-order valence-electron chi connectivity index (χ0n) is 16.6. The molecule has 2 fully saturated rings. The number of rotatable bonds is 5. The number of thiazole rings is 1. The average molecular weight is 492 g/mol. The van der Waals surface area contributed by atoms with Gasteiger partial charge < -0.3 is 15.4 Å². The topological polar surface area (TPSA) is 58.5 Å². The van der Waals surface area contributed by atoms with E-state index in [1.165, 1.54) is 22.7 Å². The maximum absolute atomic E-state index is 6.01. The number of aryl methyl sites for hydroxylation is 2. The van der Waals surface area contributed by atoms with Crippen LogP contribution in [0.3, 0.4) is 0 Å². The Balaban J connectivity index is 0.00000243. The number of halogens is 1. The molecule has 26 heavy (non-hydrogen) atoms. The van der Waals surface area contributed by atoms with E-state index in [1.807, 2.05) is 0 Å². The summed E-state index contributed by atoms with van der Waals surface area (Å²) in [5.41, 5.74) is 1.30. The van der Waals surface area contributed by atoms with Crippen molar-refractivity contribution in [1.82, 2.24) is 15.6 Å². The highest BCUT2D eigenvalue weighted by Gasteiger charge is 2.58. The lowest BCUT2D eigenvalue weighted by atomic mass is 9.55. The van der Waals surface area contributed by atoms with Gasteiger partial charge in [-0.1, -0.05) is 13.8 Å². The van der Waals surface area contributed by atoms with Crippen molar-refractivity contribution in [2.75, 3.05) is 19.7 Å². The summed E-state index contributed by atoms with van der Waals surface area (Å²) in [4.78, 5) is 10.7. The van der Waals surface area contributed by atoms with E-state index < -0.39 is 0 Å². The van der Waals surface area contributed by atoms with E-state index in [0.29, 0.717) is 18.1 Å². The molecule has 2 N–H and O–H groups in total. The van der Waals surface area contributed by atoms with E-state index in [4.69, 9.17) is 9.73 Å². The van der Waals surface area contributed by atoms with Gasteiger partial charge in [0.25, 0.3) is 0 Å². The van der Waals surface area contributed by atoms with Crippen molar-refractivity contribution >= 4 is 41.3 Å². The summed E-state index contributed by atoms with van der Waals surface area (Å²) in [5.74, 6) is 1.53. The van der Waals surface area contributed by atoms with Gasteiger partial charge in [0.2, 0.25) is 0 Å². The standard InChI is InChI=1S/C19H32N4OS.HI/c1-6-20-18(21-10-9-15-22-12(2)13(3)25-15)23-16-14-8-7-11-24-17(14)19(16,4)5;/h14,16-17H,6-11H2,1-5H3,(H2,20,21,23);1H. The Kier molecular flexibility index (Phi) is 7.73. The molecule has 0 aromatic carbocycles. The number of fused-ring (bicyclic) bond motifs is 1. The Morgan fingerprint density at radius 1 is 1.38 bits per heavy atom. The summed E-state index contributed by atoms with van der Waals surface area (Å²) >= 11 is 1.79. The number of hydrogen-bond donors (Lipinski definition) is 2. The molecule has 7 heteroatoms. The average Bonchev–Trinajstić information content (AvgIpc) is 2.90. The highest BCUT2D eigenvalue weighted by Crippen LogP contribution is 2.51. The molecule has 2 heterocycles. The molecule has 3 rings (SSSR count). The molecule has 0 bridgehead atoms. The third-order valence-electron chi connectivity index (χ3n) is 5.64. The molecule has 1 aliphatic heterocycles. The molecular weight excluding hydrogens is 459 g/mol. The molecule has 1 aliphatic carbocycles. The van der Waals surface area contributed by atoms with Crippen molar-refractivity contribution in [1.29, 1.82) is 0 Å². The van der Waals surface area contributed by atoms with Gasteiger partial charge in [0.1, 0.15) is 0 Å². The van der Waals surface area contributed by atoms with Crippen molar-refractivity contribution in [3.8, 4) is 0 Å². The summed E-state index contributed by atoms with van der Waals surface area (Å²) in [6.45, 7) is 13.5. The Labute approximate surface area is 178 Å². The highest BCUT2D eigenvalue weighted by atomic mass is 127. The Hall–Kier alpha value is -0.410. The fraction of sp³-hybridized carbons (Fsp3) is 0.789. The molecule has 2 aliphatic rings. The molecule has 1 saturated heterocycles. The van der Waals surface area contributed by atoms with Crippen LogP contribution in [0.25, 0.3) is 0 Å². The lowest BCUT2D eigenvalue weighted by Crippen LogP contribution is -2.71. The van der Waals surface area contributed by atoms with E-state index in [0.717, 1.165) is 37.8 Å². The molecule has 1 saturated carbocycles. The first-order chi connectivity index (χ1) is 11.9. The summed E-state index contributed by atoms with van der Waals surface area (Å²) < 4.78 is 6.01. The molecule has 3 atom stereocenters. The van der Waals surface area contributed by atoms with E-state index in [9.17, 15) is 0 Å². The second-order valence-electron chi connectivity index (χ2n) is 7.80. The zero-order chi connectivity index (χ0) is 18.0. The van der Waals surface area contributed by atoms with Gasteiger partial charge in [-0.15, -0.1) is 35.3 Å². The third-order valence-corrected chi connectivity index (χ3v) is 6.77. The van der Waals surface area contributed by atoms with Crippen molar-refractivity contribution in [3.05, 3.63) is 15.6 Å². The predicted octanol–water partition coefficient (Wildman–Crippen LogP) is 3.68. The molecular formula is C19H33IN4OS. The van der Waals surface area contributed by atoms with Crippen LogP contribution >= 0.6 is 35.3 Å². The number of guanidine groups is 1. The molecule has 0 spiro atoms. The SMILES string of the molecule is CCNC(=NCCc1nc(C)c(C)s1)NC1C2CCCOC2C1(C)C.I. The summed E-state index contributed by atoms with van der Waals surface area (Å²) in [6, 6.07) is 0.431. The van der Waals surface area contributed by atoms with E-state index in [1.54, 1.807) is 11.3 Å². The Morgan fingerprint density at radius 3 is 2.81 bits per heavy atom. The van der Waals surface area contributed by atoms with Crippen LogP contribution in [0.15, 0.2) is 4.99 Å². The lowest BCUT2D eigenvalue weighted by molar-refractivity contribution is -0.188. The molecule has 1 aromatic heterocycles. The van der Waals surface area contributed by atoms with Crippen molar-refractivity contribution in [3.63, 3.8) is 0 Å². The van der Waals surface area contributed by atoms with Crippen LogP contribution < -0.4 is 10.6 Å². The van der Waals surface area contributed by atoms with Gasteiger partial charge in [0.15, 0.2) is 5.96 Å². The quantitative estimate of drug-likeness (QED) is 0.374. The molecule has 148 valence electrons. The van der Waals surface area contributed by atoms with Gasteiger partial charge in [0, 0.05) is 48.4 Å². The largest absolute Gasteiger partial charge is 0.377 e. The minimum absolute atomic E-state index is 0. The number of hydrogen-bond acceptors (Lipinski definition) is 4. The first-order valence-electron chi connectivity index (χ1n) is 9.52. The molecule has 0 radical (unpaired) electrons. The van der Waals surface area contributed by atoms with Crippen LogP contribution in [-0.4, -0.2) is 42.8 Å². The van der Waals surface area contributed by atoms with Gasteiger partial charge in [-0.25, -0.2) is 4.98 Å². The van der Waals surface area contributed by atoms with Crippen LogP contribution in [0.1, 0.15) is 49.2 Å². The van der Waals surface area contributed by atoms with E-state index in [-0.39, 0.29) is 29.4 Å². The number of nitrogens with zero attached hydrogens (tertiary/aromatic N) is 2. The Bertz CT molecular complexity index is 612. The summed E-state index contributed by atoms with van der Waals surface area (Å²) in [7, 11) is 0. The molecule has 0 amide bonds. The zero-order valence-corrected chi connectivity index (χ0v) is 19.7. The van der Waals surface area contributed by atoms with E-state index >= 15 is 0 Å². The fourth-order valence-corrected chi connectivity index (χ4v) is 5.11. The van der Waals surface area contributed by atoms with Crippen LogP contribution in [0.2, 0.25) is 0 Å². The van der Waals surface area contributed by atoms with Crippen LogP contribution in [0.5, 0.6) is 0 Å². The monoisotopic (exact) mass is 492 g/mol. The fourth-order valence-electron chi connectivity index (χ4n) is 4.19. The second kappa shape index (κ2) is 9.19. The van der Waals surface area contributed by atoms with Gasteiger partial charge in [0.05, 0.1) is 16.8 Å². The maximum atomic E-state index is 6.01. The normalized spacial score (nSPS) is 27.1. The van der Waals surface area contributed by atoms with Gasteiger partial charge in [-0.2, -0.15) is 0 Å². The smallest absolute Gasteiger partial charge is 0.191 e.